The van der Waals surface area contributed by atoms with E-state index < -0.39 is 17.1 Å². The molecule has 4 aliphatic rings. The molecule has 120 valence electrons. The molecule has 5 atom stereocenters. The lowest BCUT2D eigenvalue weighted by atomic mass is 9.57. The van der Waals surface area contributed by atoms with E-state index in [2.05, 4.69) is 11.0 Å². The highest BCUT2D eigenvalue weighted by Crippen LogP contribution is 2.68. The average molecular weight is 313 g/mol. The van der Waals surface area contributed by atoms with Crippen LogP contribution < -0.4 is 9.47 Å². The van der Waals surface area contributed by atoms with Crippen LogP contribution in [0.15, 0.2) is 24.3 Å². The van der Waals surface area contributed by atoms with Crippen molar-refractivity contribution in [2.45, 2.75) is 42.5 Å². The summed E-state index contributed by atoms with van der Waals surface area (Å²) in [6.07, 6.45) is 3.21. The van der Waals surface area contributed by atoms with Crippen molar-refractivity contribution in [2.24, 2.45) is 0 Å². The first-order valence-corrected chi connectivity index (χ1v) is 8.01. The van der Waals surface area contributed by atoms with E-state index in [4.69, 9.17) is 9.47 Å². The van der Waals surface area contributed by atoms with Gasteiger partial charge in [-0.2, -0.15) is 0 Å². The first kappa shape index (κ1) is 13.6. The fraction of sp³-hybridized carbons (Fsp3) is 0.500. The van der Waals surface area contributed by atoms with Crippen molar-refractivity contribution < 1.29 is 19.4 Å². The first-order valence-electron chi connectivity index (χ1n) is 8.01. The third-order valence-electron chi connectivity index (χ3n) is 6.59. The number of ketones is 1. The Morgan fingerprint density at radius 2 is 2.22 bits per heavy atom. The number of benzene rings is 1. The summed E-state index contributed by atoms with van der Waals surface area (Å²) in [6.45, 7) is 2.02. The molecule has 2 aliphatic heterocycles. The number of hydrogen-bond donors (Lipinski definition) is 1. The SMILES string of the molecule is COc1ccc2c3c1O[C@H]1C(=O)C=C[C@@]4(O)[C@@H](C)N(C)C2C[C@]314. The second kappa shape index (κ2) is 3.79. The maximum atomic E-state index is 12.6. The van der Waals surface area contributed by atoms with Crippen molar-refractivity contribution >= 4 is 5.78 Å². The average Bonchev–Trinajstić information content (AvgIpc) is 3.06. The molecule has 5 nitrogen and oxygen atoms in total. The zero-order valence-corrected chi connectivity index (χ0v) is 13.4. The molecule has 5 heteroatoms. The van der Waals surface area contributed by atoms with Gasteiger partial charge in [-0.15, -0.1) is 0 Å². The smallest absolute Gasteiger partial charge is 0.196 e. The Kier molecular flexibility index (Phi) is 2.24. The van der Waals surface area contributed by atoms with Gasteiger partial charge in [-0.1, -0.05) is 6.07 Å². The Hall–Kier alpha value is -1.85. The van der Waals surface area contributed by atoms with Crippen LogP contribution in [0.25, 0.3) is 0 Å². The van der Waals surface area contributed by atoms with Gasteiger partial charge in [0.2, 0.25) is 0 Å². The van der Waals surface area contributed by atoms with Crippen LogP contribution in [-0.2, 0) is 10.2 Å². The van der Waals surface area contributed by atoms with Crippen molar-refractivity contribution in [2.75, 3.05) is 14.2 Å². The lowest BCUT2D eigenvalue weighted by molar-refractivity contribution is -0.150. The quantitative estimate of drug-likeness (QED) is 0.848. The van der Waals surface area contributed by atoms with E-state index in [9.17, 15) is 9.90 Å². The summed E-state index contributed by atoms with van der Waals surface area (Å²) in [4.78, 5) is 14.8. The number of aliphatic hydroxyl groups is 1. The number of methoxy groups -OCH3 is 1. The van der Waals surface area contributed by atoms with E-state index in [-0.39, 0.29) is 17.9 Å². The van der Waals surface area contributed by atoms with E-state index in [0.29, 0.717) is 17.9 Å². The molecule has 1 aromatic rings. The van der Waals surface area contributed by atoms with Crippen LogP contribution in [0.1, 0.15) is 30.5 Å². The number of likely N-dealkylation sites (tertiary alicyclic amines) is 1. The van der Waals surface area contributed by atoms with Gasteiger partial charge in [-0.05, 0) is 44.2 Å². The summed E-state index contributed by atoms with van der Waals surface area (Å²) in [6, 6.07) is 4.04. The highest BCUT2D eigenvalue weighted by atomic mass is 16.5. The molecule has 0 amide bonds. The summed E-state index contributed by atoms with van der Waals surface area (Å²) in [7, 11) is 3.64. The Balaban J connectivity index is 1.91. The van der Waals surface area contributed by atoms with Crippen LogP contribution in [0.3, 0.4) is 0 Å². The first-order chi connectivity index (χ1) is 11.0. The van der Waals surface area contributed by atoms with Crippen molar-refractivity contribution in [1.82, 2.24) is 4.90 Å². The highest BCUT2D eigenvalue weighted by molar-refractivity contribution is 5.99. The van der Waals surface area contributed by atoms with Gasteiger partial charge in [0.25, 0.3) is 0 Å². The molecule has 0 saturated carbocycles. The molecule has 0 radical (unpaired) electrons. The number of fused-ring (bicyclic) bond motifs is 2. The molecular weight excluding hydrogens is 294 g/mol. The minimum Gasteiger partial charge on any atom is -0.493 e. The van der Waals surface area contributed by atoms with Crippen molar-refractivity contribution in [3.63, 3.8) is 0 Å². The van der Waals surface area contributed by atoms with Crippen molar-refractivity contribution in [3.8, 4) is 11.5 Å². The topological polar surface area (TPSA) is 59.0 Å². The van der Waals surface area contributed by atoms with Gasteiger partial charge in [-0.25, -0.2) is 0 Å². The molecule has 1 saturated heterocycles. The predicted molar refractivity (Wildman–Crippen MR) is 82.8 cm³/mol. The molecule has 1 N–H and O–H groups in total. The molecular formula is C18H19NO4. The normalized spacial score (nSPS) is 42.6. The van der Waals surface area contributed by atoms with Gasteiger partial charge in [0.05, 0.1) is 12.5 Å². The lowest BCUT2D eigenvalue weighted by Crippen LogP contribution is -2.70. The van der Waals surface area contributed by atoms with Crippen LogP contribution in [-0.4, -0.2) is 47.7 Å². The van der Waals surface area contributed by atoms with Crippen LogP contribution in [0.5, 0.6) is 11.5 Å². The standard InChI is InChI=1S/C18H19NO4/c1-9-18(21)7-6-12(20)16-17(18)8-11(19(9)2)10-4-5-13(22-3)15(23-16)14(10)17/h4-7,9,11,16,21H,8H2,1-3H3/t9-,11?,16+,17+,18-/m1/s1. The fourth-order valence-corrected chi connectivity index (χ4v) is 5.34. The number of piperidine rings is 1. The maximum absolute atomic E-state index is 12.6. The third kappa shape index (κ3) is 1.18. The van der Waals surface area contributed by atoms with E-state index in [1.165, 1.54) is 6.08 Å². The molecule has 2 aliphatic carbocycles. The molecule has 23 heavy (non-hydrogen) atoms. The number of hydrogen-bond acceptors (Lipinski definition) is 5. The van der Waals surface area contributed by atoms with E-state index in [0.717, 1.165) is 11.1 Å². The highest BCUT2D eigenvalue weighted by Gasteiger charge is 2.73. The second-order valence-corrected chi connectivity index (χ2v) is 7.15. The summed E-state index contributed by atoms with van der Waals surface area (Å²) in [5.74, 6) is 1.19. The summed E-state index contributed by atoms with van der Waals surface area (Å²) in [5.41, 5.74) is 0.300. The summed E-state index contributed by atoms with van der Waals surface area (Å²) in [5, 5.41) is 11.6. The Labute approximate surface area is 134 Å². The molecule has 0 aromatic heterocycles. The summed E-state index contributed by atoms with van der Waals surface area (Å²) >= 11 is 0. The maximum Gasteiger partial charge on any atom is 0.196 e. The van der Waals surface area contributed by atoms with Gasteiger partial charge in [0, 0.05) is 17.6 Å². The Bertz CT molecular complexity index is 787. The zero-order valence-electron chi connectivity index (χ0n) is 13.4. The van der Waals surface area contributed by atoms with Gasteiger partial charge in [0.1, 0.15) is 5.60 Å². The van der Waals surface area contributed by atoms with Gasteiger partial charge in [0.15, 0.2) is 23.4 Å². The lowest BCUT2D eigenvalue weighted by Gasteiger charge is -2.55. The molecule has 2 heterocycles. The molecule has 5 rings (SSSR count). The van der Waals surface area contributed by atoms with Crippen LogP contribution in [0, 0.1) is 0 Å². The molecule has 1 spiro atoms. The molecule has 1 fully saturated rings. The number of likely N-dealkylation sites (N-methyl/N-ethyl adjacent to an activating group) is 1. The van der Waals surface area contributed by atoms with Gasteiger partial charge < -0.3 is 14.6 Å². The molecule has 2 bridgehead atoms. The number of rotatable bonds is 1. The van der Waals surface area contributed by atoms with E-state index in [1.807, 2.05) is 20.0 Å². The predicted octanol–water partition coefficient (Wildman–Crippen LogP) is 1.34. The summed E-state index contributed by atoms with van der Waals surface area (Å²) < 4.78 is 11.5. The molecule has 1 aromatic carbocycles. The number of ether oxygens (including phenoxy) is 2. The van der Waals surface area contributed by atoms with E-state index in [1.54, 1.807) is 13.2 Å². The number of nitrogens with zero attached hydrogens (tertiary/aromatic N) is 1. The van der Waals surface area contributed by atoms with E-state index >= 15 is 0 Å². The zero-order chi connectivity index (χ0) is 16.1. The minimum atomic E-state index is -1.13. The monoisotopic (exact) mass is 313 g/mol. The van der Waals surface area contributed by atoms with Crippen LogP contribution in [0.2, 0.25) is 0 Å². The Morgan fingerprint density at radius 1 is 1.43 bits per heavy atom. The molecule has 1 unspecified atom stereocenters. The van der Waals surface area contributed by atoms with Crippen LogP contribution >= 0.6 is 0 Å². The van der Waals surface area contributed by atoms with Crippen molar-refractivity contribution in [3.05, 3.63) is 35.4 Å². The third-order valence-corrected chi connectivity index (χ3v) is 6.59. The number of carbonyl (C=O) groups is 1. The fourth-order valence-electron chi connectivity index (χ4n) is 5.34. The van der Waals surface area contributed by atoms with Crippen LogP contribution in [0.4, 0.5) is 0 Å². The van der Waals surface area contributed by atoms with Gasteiger partial charge >= 0.3 is 0 Å². The van der Waals surface area contributed by atoms with Gasteiger partial charge in [-0.3, -0.25) is 9.69 Å². The largest absolute Gasteiger partial charge is 0.493 e. The minimum absolute atomic E-state index is 0.0729. The second-order valence-electron chi connectivity index (χ2n) is 7.15. The Morgan fingerprint density at radius 3 is 2.96 bits per heavy atom. The van der Waals surface area contributed by atoms with Crippen molar-refractivity contribution in [1.29, 1.82) is 0 Å². The number of carbonyl (C=O) groups excluding carboxylic acids is 1.